The van der Waals surface area contributed by atoms with Crippen molar-refractivity contribution in [2.24, 2.45) is 0 Å². The number of hydrogen-bond donors (Lipinski definition) is 2. The fourth-order valence-corrected chi connectivity index (χ4v) is 1.40. The zero-order valence-corrected chi connectivity index (χ0v) is 7.48. The molecular formula is C8H12O5. The van der Waals surface area contributed by atoms with E-state index < -0.39 is 18.2 Å². The van der Waals surface area contributed by atoms with E-state index in [4.69, 9.17) is 19.3 Å². The lowest BCUT2D eigenvalue weighted by Crippen LogP contribution is -2.35. The fourth-order valence-electron chi connectivity index (χ4n) is 1.40. The maximum absolute atomic E-state index is 9.44. The summed E-state index contributed by atoms with van der Waals surface area (Å²) >= 11 is 0. The topological polar surface area (TPSA) is 68.2 Å². The smallest absolute Gasteiger partial charge is 0.245 e. The van der Waals surface area contributed by atoms with Crippen LogP contribution >= 0.6 is 0 Å². The summed E-state index contributed by atoms with van der Waals surface area (Å²) in [6, 6.07) is 0. The zero-order chi connectivity index (χ0) is 9.64. The van der Waals surface area contributed by atoms with Crippen molar-refractivity contribution in [2.45, 2.75) is 32.0 Å². The predicted octanol–water partition coefficient (Wildman–Crippen LogP) is -0.310. The normalized spacial score (nSPS) is 36.6. The Morgan fingerprint density at radius 3 is 2.69 bits per heavy atom. The van der Waals surface area contributed by atoms with E-state index in [9.17, 15) is 5.11 Å². The molecule has 2 aliphatic heterocycles. The third-order valence-electron chi connectivity index (χ3n) is 1.92. The molecule has 0 fully saturated rings. The van der Waals surface area contributed by atoms with Crippen LogP contribution in [-0.4, -0.2) is 35.0 Å². The first kappa shape index (κ1) is 8.80. The minimum Gasteiger partial charge on any atom is -0.451 e. The molecule has 2 atom stereocenters. The summed E-state index contributed by atoms with van der Waals surface area (Å²) in [6.45, 7) is 3.59. The number of aliphatic hydroxyl groups excluding tert-OH is 2. The van der Waals surface area contributed by atoms with E-state index >= 15 is 0 Å². The average Bonchev–Trinajstić information content (AvgIpc) is 2.34. The standard InChI is InChI=1S/C8H12O5/c1-8(2)12-4-3-11-7(10)5(9)6(4)13-8/h5,7,9-10H,3H2,1-2H3. The largest absolute Gasteiger partial charge is 0.451 e. The maximum atomic E-state index is 9.44. The highest BCUT2D eigenvalue weighted by Gasteiger charge is 2.42. The van der Waals surface area contributed by atoms with Crippen LogP contribution in [0, 0.1) is 0 Å². The second kappa shape index (κ2) is 2.60. The van der Waals surface area contributed by atoms with Crippen molar-refractivity contribution >= 4 is 0 Å². The van der Waals surface area contributed by atoms with Crippen LogP contribution in [0.4, 0.5) is 0 Å². The van der Waals surface area contributed by atoms with Gasteiger partial charge in [0.1, 0.15) is 6.61 Å². The lowest BCUT2D eigenvalue weighted by molar-refractivity contribution is -0.167. The summed E-state index contributed by atoms with van der Waals surface area (Å²) in [7, 11) is 0. The van der Waals surface area contributed by atoms with Gasteiger partial charge in [0.05, 0.1) is 0 Å². The molecule has 0 radical (unpaired) electrons. The molecule has 0 spiro atoms. The van der Waals surface area contributed by atoms with Gasteiger partial charge in [-0.2, -0.15) is 0 Å². The van der Waals surface area contributed by atoms with E-state index in [1.807, 2.05) is 0 Å². The molecular weight excluding hydrogens is 176 g/mol. The summed E-state index contributed by atoms with van der Waals surface area (Å²) in [6.07, 6.45) is -2.37. The summed E-state index contributed by atoms with van der Waals surface area (Å²) < 4.78 is 15.5. The van der Waals surface area contributed by atoms with Crippen LogP contribution in [-0.2, 0) is 14.2 Å². The van der Waals surface area contributed by atoms with E-state index in [-0.39, 0.29) is 12.4 Å². The van der Waals surface area contributed by atoms with Crippen molar-refractivity contribution in [2.75, 3.05) is 6.61 Å². The second-order valence-electron chi connectivity index (χ2n) is 3.54. The van der Waals surface area contributed by atoms with E-state index in [1.54, 1.807) is 13.8 Å². The highest BCUT2D eigenvalue weighted by atomic mass is 16.8. The van der Waals surface area contributed by atoms with Gasteiger partial charge in [-0.15, -0.1) is 0 Å². The molecule has 2 N–H and O–H groups in total. The molecule has 13 heavy (non-hydrogen) atoms. The Labute approximate surface area is 75.5 Å². The molecule has 0 saturated carbocycles. The average molecular weight is 188 g/mol. The van der Waals surface area contributed by atoms with Crippen molar-refractivity contribution in [3.05, 3.63) is 11.5 Å². The van der Waals surface area contributed by atoms with E-state index in [0.717, 1.165) is 0 Å². The van der Waals surface area contributed by atoms with Crippen molar-refractivity contribution in [3.8, 4) is 0 Å². The Balaban J connectivity index is 2.22. The molecule has 0 amide bonds. The van der Waals surface area contributed by atoms with E-state index in [1.165, 1.54) is 0 Å². The molecule has 2 rings (SSSR count). The van der Waals surface area contributed by atoms with Crippen LogP contribution in [0.3, 0.4) is 0 Å². The Hall–Kier alpha value is -0.780. The second-order valence-corrected chi connectivity index (χ2v) is 3.54. The van der Waals surface area contributed by atoms with Crippen molar-refractivity contribution in [1.82, 2.24) is 0 Å². The van der Waals surface area contributed by atoms with Gasteiger partial charge < -0.3 is 24.4 Å². The van der Waals surface area contributed by atoms with E-state index in [2.05, 4.69) is 0 Å². The molecule has 2 heterocycles. The van der Waals surface area contributed by atoms with Gasteiger partial charge in [-0.1, -0.05) is 0 Å². The minimum absolute atomic E-state index is 0.136. The van der Waals surface area contributed by atoms with E-state index in [0.29, 0.717) is 5.76 Å². The lowest BCUT2D eigenvalue weighted by atomic mass is 10.2. The molecule has 74 valence electrons. The van der Waals surface area contributed by atoms with Crippen LogP contribution in [0.25, 0.3) is 0 Å². The Morgan fingerprint density at radius 1 is 1.31 bits per heavy atom. The fraction of sp³-hybridized carbons (Fsp3) is 0.750. The van der Waals surface area contributed by atoms with Crippen LogP contribution in [0.2, 0.25) is 0 Å². The highest BCUT2D eigenvalue weighted by molar-refractivity contribution is 5.15. The van der Waals surface area contributed by atoms with Gasteiger partial charge >= 0.3 is 0 Å². The predicted molar refractivity (Wildman–Crippen MR) is 41.2 cm³/mol. The van der Waals surface area contributed by atoms with Gasteiger partial charge in [0.2, 0.25) is 5.79 Å². The van der Waals surface area contributed by atoms with Crippen LogP contribution in [0.15, 0.2) is 11.5 Å². The molecule has 5 nitrogen and oxygen atoms in total. The summed E-state index contributed by atoms with van der Waals surface area (Å²) in [4.78, 5) is 0. The van der Waals surface area contributed by atoms with Gasteiger partial charge in [0.25, 0.3) is 0 Å². The summed E-state index contributed by atoms with van der Waals surface area (Å²) in [5.41, 5.74) is 0. The van der Waals surface area contributed by atoms with Gasteiger partial charge in [0, 0.05) is 13.8 Å². The number of rotatable bonds is 0. The third-order valence-corrected chi connectivity index (χ3v) is 1.92. The number of ether oxygens (including phenoxy) is 3. The third kappa shape index (κ3) is 1.39. The summed E-state index contributed by atoms with van der Waals surface area (Å²) in [5, 5.41) is 18.6. The molecule has 2 unspecified atom stereocenters. The Kier molecular flexibility index (Phi) is 1.76. The Morgan fingerprint density at radius 2 is 2.00 bits per heavy atom. The van der Waals surface area contributed by atoms with Crippen molar-refractivity contribution in [1.29, 1.82) is 0 Å². The quantitative estimate of drug-likeness (QED) is 0.545. The minimum atomic E-state index is -1.23. The monoisotopic (exact) mass is 188 g/mol. The van der Waals surface area contributed by atoms with Crippen molar-refractivity contribution < 1.29 is 24.4 Å². The Bertz CT molecular complexity index is 257. The summed E-state index contributed by atoms with van der Waals surface area (Å²) in [5.74, 6) is -0.0365. The number of aliphatic hydroxyl groups is 2. The van der Waals surface area contributed by atoms with Gasteiger partial charge in [-0.3, -0.25) is 0 Å². The molecule has 0 aromatic rings. The molecule has 2 aliphatic rings. The highest BCUT2D eigenvalue weighted by Crippen LogP contribution is 2.35. The SMILES string of the molecule is CC1(C)OC2=C(O1)C(O)C(O)OC2. The molecule has 0 aliphatic carbocycles. The maximum Gasteiger partial charge on any atom is 0.245 e. The number of hydrogen-bond acceptors (Lipinski definition) is 5. The van der Waals surface area contributed by atoms with Gasteiger partial charge in [-0.25, -0.2) is 0 Å². The van der Waals surface area contributed by atoms with Gasteiger partial charge in [0.15, 0.2) is 23.9 Å². The first-order valence-electron chi connectivity index (χ1n) is 4.08. The van der Waals surface area contributed by atoms with Gasteiger partial charge in [-0.05, 0) is 0 Å². The molecule has 0 saturated heterocycles. The van der Waals surface area contributed by atoms with Crippen molar-refractivity contribution in [3.63, 3.8) is 0 Å². The van der Waals surface area contributed by atoms with Crippen LogP contribution in [0.5, 0.6) is 0 Å². The lowest BCUT2D eigenvalue weighted by Gasteiger charge is -2.22. The zero-order valence-electron chi connectivity index (χ0n) is 7.48. The molecule has 0 aromatic carbocycles. The first-order valence-corrected chi connectivity index (χ1v) is 4.08. The van der Waals surface area contributed by atoms with Crippen LogP contribution < -0.4 is 0 Å². The molecule has 0 aromatic heterocycles. The first-order chi connectivity index (χ1) is 5.99. The molecule has 0 bridgehead atoms. The van der Waals surface area contributed by atoms with Crippen LogP contribution in [0.1, 0.15) is 13.8 Å². The molecule has 5 heteroatoms.